The molecule has 0 saturated carbocycles. The Balaban J connectivity index is 2.33. The van der Waals surface area contributed by atoms with E-state index in [0.717, 1.165) is 11.3 Å². The molecule has 0 bridgehead atoms. The fourth-order valence-corrected chi connectivity index (χ4v) is 2.68. The summed E-state index contributed by atoms with van der Waals surface area (Å²) in [4.78, 5) is 12.2. The monoisotopic (exact) mass is 305 g/mol. The molecule has 0 fully saturated rings. The lowest BCUT2D eigenvalue weighted by Gasteiger charge is -2.09. The van der Waals surface area contributed by atoms with Crippen LogP contribution in [-0.2, 0) is 0 Å². The van der Waals surface area contributed by atoms with Gasteiger partial charge in [0, 0.05) is 4.90 Å². The molecule has 5 nitrogen and oxygen atoms in total. The van der Waals surface area contributed by atoms with Gasteiger partial charge in [-0.05, 0) is 42.8 Å². The van der Waals surface area contributed by atoms with Gasteiger partial charge in [0.1, 0.15) is 5.75 Å². The number of hydrogen-bond donors (Lipinski definition) is 1. The van der Waals surface area contributed by atoms with E-state index in [0.29, 0.717) is 11.5 Å². The maximum atomic E-state index is 11.3. The Morgan fingerprint density at radius 3 is 2.57 bits per heavy atom. The van der Waals surface area contributed by atoms with Crippen molar-refractivity contribution in [2.75, 3.05) is 6.61 Å². The van der Waals surface area contributed by atoms with Crippen LogP contribution in [0.2, 0.25) is 0 Å². The minimum atomic E-state index is -0.423. The van der Waals surface area contributed by atoms with E-state index in [4.69, 9.17) is 4.74 Å². The molecule has 0 amide bonds. The Labute approximate surface area is 126 Å². The van der Waals surface area contributed by atoms with E-state index in [1.165, 1.54) is 11.8 Å². The van der Waals surface area contributed by atoms with E-state index in [-0.39, 0.29) is 17.2 Å². The van der Waals surface area contributed by atoms with E-state index >= 15 is 0 Å². The molecule has 6 heteroatoms. The van der Waals surface area contributed by atoms with Gasteiger partial charge in [-0.1, -0.05) is 24.8 Å². The van der Waals surface area contributed by atoms with Crippen LogP contribution in [0.25, 0.3) is 0 Å². The van der Waals surface area contributed by atoms with Crippen LogP contribution < -0.4 is 4.74 Å². The summed E-state index contributed by atoms with van der Waals surface area (Å²) in [6, 6.07) is 11.5. The minimum Gasteiger partial charge on any atom is -0.508 e. The Hall–Kier alpha value is -2.21. The van der Waals surface area contributed by atoms with Crippen molar-refractivity contribution >= 4 is 17.4 Å². The molecule has 0 heterocycles. The predicted octanol–water partition coefficient (Wildman–Crippen LogP) is 4.24. The third-order valence-electron chi connectivity index (χ3n) is 2.67. The van der Waals surface area contributed by atoms with E-state index < -0.39 is 4.92 Å². The molecule has 110 valence electrons. The summed E-state index contributed by atoms with van der Waals surface area (Å²) in [5.74, 6) is 0.444. The summed E-state index contributed by atoms with van der Waals surface area (Å²) >= 11 is 1.27. The fourth-order valence-electron chi connectivity index (χ4n) is 1.73. The Kier molecular flexibility index (Phi) is 5.05. The van der Waals surface area contributed by atoms with Crippen molar-refractivity contribution in [1.29, 1.82) is 0 Å². The summed E-state index contributed by atoms with van der Waals surface area (Å²) in [5.41, 5.74) is -0.0241. The van der Waals surface area contributed by atoms with Crippen molar-refractivity contribution in [3.63, 3.8) is 0 Å². The average Bonchev–Trinajstić information content (AvgIpc) is 2.47. The fraction of sp³-hybridized carbons (Fsp3) is 0.200. The zero-order chi connectivity index (χ0) is 15.2. The molecule has 2 aromatic rings. The highest BCUT2D eigenvalue weighted by atomic mass is 32.2. The van der Waals surface area contributed by atoms with Gasteiger partial charge in [0.15, 0.2) is 5.75 Å². The molecule has 0 aliphatic rings. The highest BCUT2D eigenvalue weighted by molar-refractivity contribution is 7.99. The summed E-state index contributed by atoms with van der Waals surface area (Å²) in [6.45, 7) is 2.38. The first kappa shape index (κ1) is 15.2. The van der Waals surface area contributed by atoms with Crippen LogP contribution in [0.15, 0.2) is 52.3 Å². The molecule has 0 saturated heterocycles. The molecule has 0 aliphatic carbocycles. The number of ether oxygens (including phenoxy) is 1. The number of rotatable bonds is 6. The van der Waals surface area contributed by atoms with Crippen molar-refractivity contribution in [3.8, 4) is 11.5 Å². The third kappa shape index (κ3) is 3.88. The second-order valence-corrected chi connectivity index (χ2v) is 5.42. The van der Waals surface area contributed by atoms with Crippen molar-refractivity contribution in [3.05, 3.63) is 52.6 Å². The van der Waals surface area contributed by atoms with Crippen LogP contribution in [0.4, 0.5) is 5.69 Å². The molecular weight excluding hydrogens is 290 g/mol. The molecule has 1 N–H and O–H groups in total. The van der Waals surface area contributed by atoms with Crippen LogP contribution >= 0.6 is 11.8 Å². The number of hydrogen-bond acceptors (Lipinski definition) is 5. The van der Waals surface area contributed by atoms with Gasteiger partial charge in [-0.3, -0.25) is 10.1 Å². The van der Waals surface area contributed by atoms with E-state index in [9.17, 15) is 15.2 Å². The topological polar surface area (TPSA) is 72.6 Å². The second-order valence-electron chi connectivity index (χ2n) is 4.30. The normalized spacial score (nSPS) is 10.3. The van der Waals surface area contributed by atoms with Crippen LogP contribution in [-0.4, -0.2) is 16.6 Å². The Morgan fingerprint density at radius 1 is 1.24 bits per heavy atom. The highest BCUT2D eigenvalue weighted by Crippen LogP contribution is 2.40. The molecule has 0 atom stereocenters. The molecule has 0 aromatic heterocycles. The molecule has 0 spiro atoms. The quantitative estimate of drug-likeness (QED) is 0.638. The minimum absolute atomic E-state index is 0.0241. The number of aromatic hydroxyl groups is 1. The van der Waals surface area contributed by atoms with Crippen LogP contribution in [0.5, 0.6) is 11.5 Å². The van der Waals surface area contributed by atoms with Gasteiger partial charge in [-0.15, -0.1) is 0 Å². The third-order valence-corrected chi connectivity index (χ3v) is 3.73. The van der Waals surface area contributed by atoms with Gasteiger partial charge in [-0.2, -0.15) is 0 Å². The standard InChI is InChI=1S/C15H15NO4S/c1-2-10-20-13-4-3-5-14(15(13)16(18)19)21-12-8-6-11(17)7-9-12/h3-9,17H,2,10H2,1H3. The average molecular weight is 305 g/mol. The van der Waals surface area contributed by atoms with Gasteiger partial charge in [0.05, 0.1) is 16.4 Å². The van der Waals surface area contributed by atoms with Crippen molar-refractivity contribution in [2.24, 2.45) is 0 Å². The second kappa shape index (κ2) is 6.99. The van der Waals surface area contributed by atoms with Gasteiger partial charge in [0.25, 0.3) is 0 Å². The Bertz CT molecular complexity index is 628. The maximum Gasteiger partial charge on any atom is 0.324 e. The lowest BCUT2D eigenvalue weighted by molar-refractivity contribution is -0.388. The lowest BCUT2D eigenvalue weighted by atomic mass is 10.3. The van der Waals surface area contributed by atoms with Crippen LogP contribution in [0.1, 0.15) is 13.3 Å². The van der Waals surface area contributed by atoms with Gasteiger partial charge in [-0.25, -0.2) is 0 Å². The molecule has 0 radical (unpaired) electrons. The van der Waals surface area contributed by atoms with Crippen LogP contribution in [0.3, 0.4) is 0 Å². The zero-order valence-electron chi connectivity index (χ0n) is 11.5. The number of benzene rings is 2. The van der Waals surface area contributed by atoms with E-state index in [2.05, 4.69) is 0 Å². The zero-order valence-corrected chi connectivity index (χ0v) is 12.3. The first-order valence-corrected chi connectivity index (χ1v) is 7.30. The first-order valence-electron chi connectivity index (χ1n) is 6.49. The highest BCUT2D eigenvalue weighted by Gasteiger charge is 2.21. The summed E-state index contributed by atoms with van der Waals surface area (Å²) in [7, 11) is 0. The molecule has 2 rings (SSSR count). The maximum absolute atomic E-state index is 11.3. The van der Waals surface area contributed by atoms with Gasteiger partial charge in [0.2, 0.25) is 0 Å². The van der Waals surface area contributed by atoms with Gasteiger partial charge >= 0.3 is 5.69 Å². The van der Waals surface area contributed by atoms with Crippen molar-refractivity contribution in [2.45, 2.75) is 23.1 Å². The number of phenols is 1. The smallest absolute Gasteiger partial charge is 0.324 e. The number of para-hydroxylation sites is 1. The SMILES string of the molecule is CCCOc1cccc(Sc2ccc(O)cc2)c1[N+](=O)[O-]. The van der Waals surface area contributed by atoms with E-state index in [1.807, 2.05) is 6.92 Å². The number of phenolic OH excluding ortho intramolecular Hbond substituents is 1. The molecule has 21 heavy (non-hydrogen) atoms. The number of nitrogens with zero attached hydrogens (tertiary/aromatic N) is 1. The summed E-state index contributed by atoms with van der Waals surface area (Å²) in [5, 5.41) is 20.6. The van der Waals surface area contributed by atoms with Gasteiger partial charge < -0.3 is 9.84 Å². The van der Waals surface area contributed by atoms with Crippen LogP contribution in [0, 0.1) is 10.1 Å². The first-order chi connectivity index (χ1) is 10.1. The summed E-state index contributed by atoms with van der Waals surface area (Å²) < 4.78 is 5.45. The number of nitro benzene ring substituents is 1. The predicted molar refractivity (Wildman–Crippen MR) is 81.1 cm³/mol. The summed E-state index contributed by atoms with van der Waals surface area (Å²) in [6.07, 6.45) is 0.784. The van der Waals surface area contributed by atoms with Crippen molar-refractivity contribution in [1.82, 2.24) is 0 Å². The largest absolute Gasteiger partial charge is 0.508 e. The molecule has 0 aliphatic heterocycles. The molecule has 0 unspecified atom stereocenters. The Morgan fingerprint density at radius 2 is 1.95 bits per heavy atom. The lowest BCUT2D eigenvalue weighted by Crippen LogP contribution is -2.00. The molecular formula is C15H15NO4S. The molecule has 2 aromatic carbocycles. The number of nitro groups is 1. The van der Waals surface area contributed by atoms with E-state index in [1.54, 1.807) is 42.5 Å². The van der Waals surface area contributed by atoms with Crippen molar-refractivity contribution < 1.29 is 14.8 Å².